The summed E-state index contributed by atoms with van der Waals surface area (Å²) < 4.78 is 31.0. The zero-order valence-electron chi connectivity index (χ0n) is 9.54. The highest BCUT2D eigenvalue weighted by Crippen LogP contribution is 2.37. The number of aromatic nitrogens is 1. The number of rotatable bonds is 3. The molecule has 0 radical (unpaired) electrons. The molecule has 2 rings (SSSR count). The monoisotopic (exact) mass is 368 g/mol. The molecule has 0 unspecified atom stereocenters. The molecular weight excluding hydrogens is 357 g/mol. The van der Waals surface area contributed by atoms with Crippen LogP contribution < -0.4 is 10.1 Å². The van der Waals surface area contributed by atoms with Crippen molar-refractivity contribution >= 4 is 28.5 Å². The number of nitrogens with zero attached hydrogens (tertiary/aromatic N) is 1. The number of halogens is 3. The molecule has 1 aliphatic carbocycles. The van der Waals surface area contributed by atoms with E-state index in [-0.39, 0.29) is 24.3 Å². The number of alkyl halides is 2. The Balaban J connectivity index is 2.10. The van der Waals surface area contributed by atoms with Crippen molar-refractivity contribution in [2.24, 2.45) is 0 Å². The molecule has 0 spiro atoms. The number of methoxy groups -OCH3 is 1. The number of carbonyl (C=O) groups excluding carboxylic acids is 1. The third-order valence-electron chi connectivity index (χ3n) is 2.71. The maximum Gasteiger partial charge on any atom is 0.258 e. The second-order valence-corrected chi connectivity index (χ2v) is 5.27. The molecule has 1 heterocycles. The van der Waals surface area contributed by atoms with Crippen molar-refractivity contribution in [3.05, 3.63) is 21.4 Å². The fraction of sp³-hybridized carbons (Fsp3) is 0.455. The number of pyridine rings is 1. The van der Waals surface area contributed by atoms with Gasteiger partial charge in [0.05, 0.1) is 7.11 Å². The van der Waals surface area contributed by atoms with Gasteiger partial charge in [-0.2, -0.15) is 0 Å². The smallest absolute Gasteiger partial charge is 0.258 e. The molecule has 0 aliphatic heterocycles. The molecule has 0 atom stereocenters. The molecule has 1 saturated carbocycles. The molecule has 1 aromatic heterocycles. The average Bonchev–Trinajstić information content (AvgIpc) is 2.25. The van der Waals surface area contributed by atoms with E-state index >= 15 is 0 Å². The molecule has 7 heteroatoms. The first-order valence-corrected chi connectivity index (χ1v) is 6.38. The number of hydrogen-bond acceptors (Lipinski definition) is 3. The Morgan fingerprint density at radius 2 is 2.28 bits per heavy atom. The van der Waals surface area contributed by atoms with Crippen LogP contribution >= 0.6 is 22.6 Å². The lowest BCUT2D eigenvalue weighted by atomic mass is 9.88. The minimum Gasteiger partial charge on any atom is -0.480 e. The summed E-state index contributed by atoms with van der Waals surface area (Å²) in [4.78, 5) is 15.9. The van der Waals surface area contributed by atoms with Crippen LogP contribution in [0.5, 0.6) is 5.88 Å². The summed E-state index contributed by atoms with van der Waals surface area (Å²) in [6, 6.07) is 1.18. The molecule has 18 heavy (non-hydrogen) atoms. The van der Waals surface area contributed by atoms with Crippen molar-refractivity contribution < 1.29 is 18.3 Å². The summed E-state index contributed by atoms with van der Waals surface area (Å²) in [5.74, 6) is -2.88. The van der Waals surface area contributed by atoms with Crippen molar-refractivity contribution in [2.45, 2.75) is 24.8 Å². The van der Waals surface area contributed by atoms with Crippen LogP contribution in [-0.4, -0.2) is 30.0 Å². The van der Waals surface area contributed by atoms with Crippen molar-refractivity contribution in [3.8, 4) is 5.88 Å². The van der Waals surface area contributed by atoms with E-state index < -0.39 is 17.9 Å². The predicted octanol–water partition coefficient (Wildman–Crippen LogP) is 2.22. The third kappa shape index (κ3) is 2.70. The molecule has 4 nitrogen and oxygen atoms in total. The fourth-order valence-electron chi connectivity index (χ4n) is 1.80. The minimum atomic E-state index is -2.65. The lowest BCUT2D eigenvalue weighted by molar-refractivity contribution is -0.0901. The molecule has 0 bridgehead atoms. The number of ether oxygens (including phenoxy) is 1. The Bertz CT molecular complexity index is 474. The lowest BCUT2D eigenvalue weighted by Crippen LogP contribution is -2.50. The zero-order valence-corrected chi connectivity index (χ0v) is 11.7. The molecule has 98 valence electrons. The van der Waals surface area contributed by atoms with Crippen LogP contribution in [-0.2, 0) is 0 Å². The van der Waals surface area contributed by atoms with E-state index in [2.05, 4.69) is 10.3 Å². The van der Waals surface area contributed by atoms with Gasteiger partial charge in [-0.05, 0) is 28.7 Å². The van der Waals surface area contributed by atoms with E-state index in [1.807, 2.05) is 22.6 Å². The summed E-state index contributed by atoms with van der Waals surface area (Å²) >= 11 is 1.98. The highest BCUT2D eigenvalue weighted by Gasteiger charge is 2.46. The summed E-state index contributed by atoms with van der Waals surface area (Å²) in [6.45, 7) is 0. The lowest BCUT2D eigenvalue weighted by Gasteiger charge is -2.35. The number of amides is 1. The van der Waals surface area contributed by atoms with Gasteiger partial charge in [0, 0.05) is 28.7 Å². The van der Waals surface area contributed by atoms with E-state index in [9.17, 15) is 13.6 Å². The highest BCUT2D eigenvalue weighted by atomic mass is 127. The van der Waals surface area contributed by atoms with Crippen molar-refractivity contribution in [1.82, 2.24) is 10.3 Å². The van der Waals surface area contributed by atoms with Crippen molar-refractivity contribution in [3.63, 3.8) is 0 Å². The Hall–Kier alpha value is -0.990. The van der Waals surface area contributed by atoms with Gasteiger partial charge in [0.15, 0.2) is 0 Å². The van der Waals surface area contributed by atoms with Gasteiger partial charge >= 0.3 is 0 Å². The molecule has 0 saturated heterocycles. The van der Waals surface area contributed by atoms with Crippen LogP contribution in [0.15, 0.2) is 12.3 Å². The quantitative estimate of drug-likeness (QED) is 0.833. The van der Waals surface area contributed by atoms with E-state index in [0.717, 1.165) is 0 Å². The summed E-state index contributed by atoms with van der Waals surface area (Å²) in [6.07, 6.45) is 0.907. The first-order chi connectivity index (χ1) is 8.43. The maximum absolute atomic E-state index is 12.7. The van der Waals surface area contributed by atoms with E-state index in [1.165, 1.54) is 13.3 Å². The van der Waals surface area contributed by atoms with Crippen LogP contribution in [0.3, 0.4) is 0 Å². The fourth-order valence-corrected chi connectivity index (χ4v) is 2.44. The Labute approximate surface area is 116 Å². The average molecular weight is 368 g/mol. The standard InChI is InChI=1S/C11H11F2IN2O2/c1-18-10-8(7(14)2-3-15-10)9(17)16-6-4-11(12,13)5-6/h2-3,6H,4-5H2,1H3,(H,16,17). The minimum absolute atomic E-state index is 0.200. The van der Waals surface area contributed by atoms with E-state index in [0.29, 0.717) is 3.57 Å². The summed E-state index contributed by atoms with van der Waals surface area (Å²) in [7, 11) is 1.41. The third-order valence-corrected chi connectivity index (χ3v) is 3.61. The number of nitrogens with one attached hydrogen (secondary N) is 1. The van der Waals surface area contributed by atoms with Gasteiger partial charge in [0.25, 0.3) is 11.8 Å². The van der Waals surface area contributed by atoms with Gasteiger partial charge in [-0.25, -0.2) is 13.8 Å². The Kier molecular flexibility index (Phi) is 3.69. The normalized spacial score (nSPS) is 18.0. The van der Waals surface area contributed by atoms with Gasteiger partial charge in [-0.15, -0.1) is 0 Å². The summed E-state index contributed by atoms with van der Waals surface area (Å²) in [5, 5.41) is 2.56. The van der Waals surface area contributed by atoms with Gasteiger partial charge in [0.2, 0.25) is 5.88 Å². The van der Waals surface area contributed by atoms with E-state index in [4.69, 9.17) is 4.74 Å². The molecule has 1 aromatic rings. The van der Waals surface area contributed by atoms with Crippen LogP contribution in [0.4, 0.5) is 8.78 Å². The molecule has 1 N–H and O–H groups in total. The van der Waals surface area contributed by atoms with Crippen LogP contribution in [0.25, 0.3) is 0 Å². The summed E-state index contributed by atoms with van der Waals surface area (Å²) in [5.41, 5.74) is 0.288. The maximum atomic E-state index is 12.7. The second-order valence-electron chi connectivity index (χ2n) is 4.11. The van der Waals surface area contributed by atoms with Gasteiger partial charge < -0.3 is 10.1 Å². The first kappa shape index (κ1) is 13.4. The topological polar surface area (TPSA) is 51.2 Å². The number of hydrogen-bond donors (Lipinski definition) is 1. The zero-order chi connectivity index (χ0) is 13.3. The van der Waals surface area contributed by atoms with Gasteiger partial charge in [-0.1, -0.05) is 0 Å². The van der Waals surface area contributed by atoms with Gasteiger partial charge in [0.1, 0.15) is 5.56 Å². The molecular formula is C11H11F2IN2O2. The van der Waals surface area contributed by atoms with E-state index in [1.54, 1.807) is 6.07 Å². The Morgan fingerprint density at radius 1 is 1.61 bits per heavy atom. The molecule has 0 aromatic carbocycles. The van der Waals surface area contributed by atoms with Crippen LogP contribution in [0.2, 0.25) is 0 Å². The molecule has 1 amide bonds. The largest absolute Gasteiger partial charge is 0.480 e. The predicted molar refractivity (Wildman–Crippen MR) is 68.9 cm³/mol. The first-order valence-electron chi connectivity index (χ1n) is 5.30. The van der Waals surface area contributed by atoms with Gasteiger partial charge in [-0.3, -0.25) is 4.79 Å². The second kappa shape index (κ2) is 4.94. The number of carbonyl (C=O) groups is 1. The highest BCUT2D eigenvalue weighted by molar-refractivity contribution is 14.1. The Morgan fingerprint density at radius 3 is 2.83 bits per heavy atom. The molecule has 1 fully saturated rings. The van der Waals surface area contributed by atoms with Crippen molar-refractivity contribution in [1.29, 1.82) is 0 Å². The van der Waals surface area contributed by atoms with Crippen LogP contribution in [0, 0.1) is 3.57 Å². The SMILES string of the molecule is COc1nccc(I)c1C(=O)NC1CC(F)(F)C1. The van der Waals surface area contributed by atoms with Crippen LogP contribution in [0.1, 0.15) is 23.2 Å². The van der Waals surface area contributed by atoms with Crippen molar-refractivity contribution in [2.75, 3.05) is 7.11 Å². The molecule has 1 aliphatic rings.